The van der Waals surface area contributed by atoms with Crippen LogP contribution in [-0.2, 0) is 0 Å². The fourth-order valence-corrected chi connectivity index (χ4v) is 2.84. The van der Waals surface area contributed by atoms with E-state index in [1.54, 1.807) is 13.0 Å². The van der Waals surface area contributed by atoms with Gasteiger partial charge in [0, 0.05) is 22.9 Å². The second-order valence-corrected chi connectivity index (χ2v) is 4.80. The normalized spacial score (nSPS) is 20.6. The monoisotopic (exact) mass is 275 g/mol. The van der Waals surface area contributed by atoms with E-state index in [9.17, 15) is 14.9 Å². The molecule has 1 atom stereocenters. The summed E-state index contributed by atoms with van der Waals surface area (Å²) >= 11 is 5.05. The minimum absolute atomic E-state index is 0.0594. The van der Waals surface area contributed by atoms with Crippen LogP contribution in [0.25, 0.3) is 0 Å². The molecule has 1 aromatic rings. The van der Waals surface area contributed by atoms with Crippen molar-refractivity contribution >= 4 is 28.8 Å². The molecule has 19 heavy (non-hydrogen) atoms. The maximum Gasteiger partial charge on any atom is 0.275 e. The number of nitrogens with zero attached hydrogens (tertiary/aromatic N) is 1. The first-order chi connectivity index (χ1) is 9.00. The van der Waals surface area contributed by atoms with Crippen molar-refractivity contribution in [1.82, 2.24) is 10.6 Å². The number of Topliss-reactive ketones (excluding diaryl/α,β-unsaturated/α-hetero) is 1. The first-order valence-corrected chi connectivity index (χ1v) is 6.02. The van der Waals surface area contributed by atoms with Crippen molar-refractivity contribution in [1.29, 1.82) is 0 Å². The number of allylic oxidation sites excluding steroid dienone is 1. The van der Waals surface area contributed by atoms with Crippen molar-refractivity contribution in [3.8, 4) is 0 Å². The first-order valence-electron chi connectivity index (χ1n) is 5.61. The fraction of sp³-hybridized carbons (Fsp3) is 0.167. The SMILES string of the molecule is CC1=C2C(=O)c3cccc([N+](=O)[O-])c3C2NC(=S)N1. The summed E-state index contributed by atoms with van der Waals surface area (Å²) in [6.07, 6.45) is 0. The third kappa shape index (κ3) is 1.55. The molecule has 3 rings (SSSR count). The molecule has 0 radical (unpaired) electrons. The van der Waals surface area contributed by atoms with Gasteiger partial charge in [-0.2, -0.15) is 0 Å². The number of nitro benzene ring substituents is 1. The highest BCUT2D eigenvalue weighted by Gasteiger charge is 2.43. The Hall–Kier alpha value is -2.28. The maximum absolute atomic E-state index is 12.3. The molecule has 1 aliphatic carbocycles. The Kier molecular flexibility index (Phi) is 2.39. The molecule has 0 saturated heterocycles. The quantitative estimate of drug-likeness (QED) is 0.460. The molecule has 0 amide bonds. The summed E-state index contributed by atoms with van der Waals surface area (Å²) in [6.45, 7) is 1.74. The molecule has 0 fully saturated rings. The molecule has 0 spiro atoms. The van der Waals surface area contributed by atoms with Gasteiger partial charge in [0.1, 0.15) is 0 Å². The van der Waals surface area contributed by atoms with Crippen molar-refractivity contribution in [3.05, 3.63) is 50.7 Å². The van der Waals surface area contributed by atoms with E-state index < -0.39 is 11.0 Å². The molecular weight excluding hydrogens is 266 g/mol. The first kappa shape index (κ1) is 11.8. The molecule has 96 valence electrons. The molecule has 1 unspecified atom stereocenters. The van der Waals surface area contributed by atoms with E-state index in [1.807, 2.05) is 0 Å². The number of nitro groups is 1. The zero-order valence-corrected chi connectivity index (χ0v) is 10.7. The Labute approximate surface area is 113 Å². The third-order valence-electron chi connectivity index (χ3n) is 3.33. The lowest BCUT2D eigenvalue weighted by Gasteiger charge is -2.25. The number of thiocarbonyl (C=S) groups is 1. The van der Waals surface area contributed by atoms with Gasteiger partial charge in [-0.05, 0) is 19.1 Å². The molecule has 0 bridgehead atoms. The summed E-state index contributed by atoms with van der Waals surface area (Å²) in [5, 5.41) is 17.3. The van der Waals surface area contributed by atoms with E-state index in [-0.39, 0.29) is 11.5 Å². The van der Waals surface area contributed by atoms with E-state index in [2.05, 4.69) is 10.6 Å². The summed E-state index contributed by atoms with van der Waals surface area (Å²) in [6, 6.07) is 4.00. The Morgan fingerprint density at radius 2 is 2.16 bits per heavy atom. The Morgan fingerprint density at radius 1 is 1.42 bits per heavy atom. The smallest absolute Gasteiger partial charge is 0.275 e. The van der Waals surface area contributed by atoms with Crippen LogP contribution in [0.15, 0.2) is 29.5 Å². The Morgan fingerprint density at radius 3 is 2.84 bits per heavy atom. The van der Waals surface area contributed by atoms with Crippen molar-refractivity contribution in [2.45, 2.75) is 13.0 Å². The second-order valence-electron chi connectivity index (χ2n) is 4.39. The lowest BCUT2D eigenvalue weighted by atomic mass is 10.0. The van der Waals surface area contributed by atoms with Gasteiger partial charge in [-0.3, -0.25) is 14.9 Å². The number of carbonyl (C=O) groups excluding carboxylic acids is 1. The van der Waals surface area contributed by atoms with E-state index in [0.29, 0.717) is 27.5 Å². The Balaban J connectivity index is 2.30. The van der Waals surface area contributed by atoms with Gasteiger partial charge >= 0.3 is 0 Å². The largest absolute Gasteiger partial charge is 0.351 e. The lowest BCUT2D eigenvalue weighted by molar-refractivity contribution is -0.385. The van der Waals surface area contributed by atoms with Crippen molar-refractivity contribution < 1.29 is 9.72 Å². The molecule has 0 saturated carbocycles. The van der Waals surface area contributed by atoms with Crippen LogP contribution in [0.2, 0.25) is 0 Å². The molecule has 1 aliphatic heterocycles. The summed E-state index contributed by atoms with van der Waals surface area (Å²) in [5.74, 6) is -0.191. The summed E-state index contributed by atoms with van der Waals surface area (Å²) in [4.78, 5) is 23.0. The predicted molar refractivity (Wildman–Crippen MR) is 71.7 cm³/mol. The van der Waals surface area contributed by atoms with Crippen LogP contribution in [-0.4, -0.2) is 15.8 Å². The van der Waals surface area contributed by atoms with Crippen LogP contribution in [0.1, 0.15) is 28.9 Å². The number of hydrogen-bond donors (Lipinski definition) is 2. The molecule has 2 N–H and O–H groups in total. The third-order valence-corrected chi connectivity index (χ3v) is 3.55. The van der Waals surface area contributed by atoms with E-state index in [0.717, 1.165) is 0 Å². The zero-order valence-electron chi connectivity index (χ0n) is 9.89. The lowest BCUT2D eigenvalue weighted by Crippen LogP contribution is -2.42. The van der Waals surface area contributed by atoms with Crippen LogP contribution in [0.4, 0.5) is 5.69 Å². The number of carbonyl (C=O) groups is 1. The molecule has 0 aromatic heterocycles. The van der Waals surface area contributed by atoms with Gasteiger partial charge in [-0.1, -0.05) is 12.1 Å². The van der Waals surface area contributed by atoms with Gasteiger partial charge in [0.25, 0.3) is 5.69 Å². The number of fused-ring (bicyclic) bond motifs is 3. The molecule has 2 aliphatic rings. The van der Waals surface area contributed by atoms with Crippen molar-refractivity contribution in [3.63, 3.8) is 0 Å². The van der Waals surface area contributed by atoms with Crippen LogP contribution in [0, 0.1) is 10.1 Å². The predicted octanol–water partition coefficient (Wildman–Crippen LogP) is 1.58. The van der Waals surface area contributed by atoms with E-state index >= 15 is 0 Å². The van der Waals surface area contributed by atoms with Gasteiger partial charge < -0.3 is 10.6 Å². The number of nitrogens with one attached hydrogen (secondary N) is 2. The Bertz CT molecular complexity index is 681. The van der Waals surface area contributed by atoms with Gasteiger partial charge in [-0.15, -0.1) is 0 Å². The van der Waals surface area contributed by atoms with Gasteiger partial charge in [-0.25, -0.2) is 0 Å². The molecule has 6 nitrogen and oxygen atoms in total. The average Bonchev–Trinajstić information content (AvgIpc) is 2.63. The van der Waals surface area contributed by atoms with E-state index in [1.165, 1.54) is 12.1 Å². The zero-order chi connectivity index (χ0) is 13.7. The van der Waals surface area contributed by atoms with Crippen molar-refractivity contribution in [2.24, 2.45) is 0 Å². The van der Waals surface area contributed by atoms with Crippen LogP contribution >= 0.6 is 12.2 Å². The number of ketones is 1. The van der Waals surface area contributed by atoms with Gasteiger partial charge in [0.05, 0.1) is 16.5 Å². The summed E-state index contributed by atoms with van der Waals surface area (Å²) < 4.78 is 0. The number of hydrogen-bond acceptors (Lipinski definition) is 4. The minimum atomic E-state index is -0.530. The standard InChI is InChI=1S/C12H9N3O3S/c1-5-8-10(14-12(19)13-5)9-6(11(8)16)3-2-4-7(9)15(17)18/h2-4,10H,1H3,(H2,13,14,19). The van der Waals surface area contributed by atoms with Gasteiger partial charge in [0.2, 0.25) is 0 Å². The highest BCUT2D eigenvalue weighted by Crippen LogP contribution is 2.42. The molecule has 1 heterocycles. The van der Waals surface area contributed by atoms with Crippen molar-refractivity contribution in [2.75, 3.05) is 0 Å². The maximum atomic E-state index is 12.3. The van der Waals surface area contributed by atoms with Crippen LogP contribution in [0.3, 0.4) is 0 Å². The van der Waals surface area contributed by atoms with E-state index in [4.69, 9.17) is 12.2 Å². The number of benzene rings is 1. The van der Waals surface area contributed by atoms with Crippen LogP contribution in [0.5, 0.6) is 0 Å². The highest BCUT2D eigenvalue weighted by molar-refractivity contribution is 7.80. The summed E-state index contributed by atoms with van der Waals surface area (Å²) in [7, 11) is 0. The molecule has 1 aromatic carbocycles. The summed E-state index contributed by atoms with van der Waals surface area (Å²) in [5.41, 5.74) is 1.85. The van der Waals surface area contributed by atoms with Gasteiger partial charge in [0.15, 0.2) is 10.9 Å². The fourth-order valence-electron chi connectivity index (χ4n) is 2.57. The highest BCUT2D eigenvalue weighted by atomic mass is 32.1. The topological polar surface area (TPSA) is 84.3 Å². The van der Waals surface area contributed by atoms with Crippen LogP contribution < -0.4 is 10.6 Å². The number of rotatable bonds is 1. The molecular formula is C12H9N3O3S. The molecule has 7 heteroatoms. The second kappa shape index (κ2) is 3.86. The minimum Gasteiger partial charge on any atom is -0.351 e. The average molecular weight is 275 g/mol.